The second-order valence-corrected chi connectivity index (χ2v) is 3.59. The molecule has 0 saturated carbocycles. The highest BCUT2D eigenvalue weighted by molar-refractivity contribution is 5.71. The Balaban J connectivity index is 2.39. The van der Waals surface area contributed by atoms with Gasteiger partial charge in [-0.1, -0.05) is 30.3 Å². The highest BCUT2D eigenvalue weighted by Gasteiger charge is 2.31. The zero-order chi connectivity index (χ0) is 13.2. The average molecular weight is 254 g/mol. The summed E-state index contributed by atoms with van der Waals surface area (Å²) < 4.78 is 40.1. The molecular formula is C13H9F3O2. The van der Waals surface area contributed by atoms with Crippen molar-refractivity contribution in [3.63, 3.8) is 0 Å². The minimum atomic E-state index is -4.75. The highest BCUT2D eigenvalue weighted by atomic mass is 19.4. The van der Waals surface area contributed by atoms with Gasteiger partial charge in [0.2, 0.25) is 0 Å². The quantitative estimate of drug-likeness (QED) is 0.879. The first-order valence-corrected chi connectivity index (χ1v) is 5.10. The van der Waals surface area contributed by atoms with E-state index in [4.69, 9.17) is 0 Å². The molecule has 0 aliphatic rings. The fourth-order valence-corrected chi connectivity index (χ4v) is 1.56. The number of hydrogen-bond acceptors (Lipinski definition) is 2. The summed E-state index contributed by atoms with van der Waals surface area (Å²) in [4.78, 5) is 0. The lowest BCUT2D eigenvalue weighted by atomic mass is 10.0. The predicted octanol–water partition coefficient (Wildman–Crippen LogP) is 3.96. The van der Waals surface area contributed by atoms with Crippen molar-refractivity contribution in [1.82, 2.24) is 0 Å². The number of phenols is 1. The van der Waals surface area contributed by atoms with Gasteiger partial charge < -0.3 is 9.84 Å². The molecule has 0 aliphatic carbocycles. The number of hydrogen-bond donors (Lipinski definition) is 1. The van der Waals surface area contributed by atoms with E-state index in [9.17, 15) is 18.3 Å². The predicted molar refractivity (Wildman–Crippen MR) is 60.2 cm³/mol. The molecule has 2 aromatic rings. The topological polar surface area (TPSA) is 29.5 Å². The van der Waals surface area contributed by atoms with E-state index in [2.05, 4.69) is 4.74 Å². The largest absolute Gasteiger partial charge is 0.573 e. The van der Waals surface area contributed by atoms with Crippen molar-refractivity contribution in [2.45, 2.75) is 6.36 Å². The van der Waals surface area contributed by atoms with Crippen LogP contribution in [0, 0.1) is 0 Å². The van der Waals surface area contributed by atoms with E-state index in [1.54, 1.807) is 30.3 Å². The van der Waals surface area contributed by atoms with Crippen LogP contribution in [0.2, 0.25) is 0 Å². The second kappa shape index (κ2) is 4.60. The zero-order valence-corrected chi connectivity index (χ0v) is 9.11. The Morgan fingerprint density at radius 2 is 1.61 bits per heavy atom. The van der Waals surface area contributed by atoms with Crippen molar-refractivity contribution in [3.8, 4) is 22.6 Å². The Morgan fingerprint density at radius 3 is 2.22 bits per heavy atom. The fourth-order valence-electron chi connectivity index (χ4n) is 1.56. The van der Waals surface area contributed by atoms with Crippen LogP contribution in [-0.2, 0) is 0 Å². The molecule has 1 N–H and O–H groups in total. The number of ether oxygens (including phenoxy) is 1. The zero-order valence-electron chi connectivity index (χ0n) is 9.11. The minimum Gasteiger partial charge on any atom is -0.507 e. The monoisotopic (exact) mass is 254 g/mol. The Bertz CT molecular complexity index is 536. The van der Waals surface area contributed by atoms with Crippen molar-refractivity contribution < 1.29 is 23.0 Å². The van der Waals surface area contributed by atoms with Gasteiger partial charge in [-0.25, -0.2) is 0 Å². The molecule has 0 saturated heterocycles. The van der Waals surface area contributed by atoms with E-state index in [0.717, 1.165) is 12.1 Å². The number of alkyl halides is 3. The SMILES string of the molecule is Oc1ccc(OC(F)(F)F)cc1-c1ccccc1. The smallest absolute Gasteiger partial charge is 0.507 e. The molecule has 0 atom stereocenters. The van der Waals surface area contributed by atoms with Gasteiger partial charge in [-0.15, -0.1) is 13.2 Å². The standard InChI is InChI=1S/C13H9F3O2/c14-13(15,16)18-10-6-7-12(17)11(8-10)9-4-2-1-3-5-9/h1-8,17H. The van der Waals surface area contributed by atoms with Crippen LogP contribution in [0.15, 0.2) is 48.5 Å². The molecule has 0 radical (unpaired) electrons. The molecule has 2 aromatic carbocycles. The van der Waals surface area contributed by atoms with E-state index >= 15 is 0 Å². The second-order valence-electron chi connectivity index (χ2n) is 3.59. The maximum atomic E-state index is 12.1. The Morgan fingerprint density at radius 1 is 0.944 bits per heavy atom. The lowest BCUT2D eigenvalue weighted by Gasteiger charge is -2.11. The fraction of sp³-hybridized carbons (Fsp3) is 0.0769. The molecule has 2 nitrogen and oxygen atoms in total. The molecule has 0 spiro atoms. The maximum Gasteiger partial charge on any atom is 0.573 e. The van der Waals surface area contributed by atoms with E-state index in [-0.39, 0.29) is 17.1 Å². The molecule has 2 rings (SSSR count). The number of phenolic OH excluding ortho intramolecular Hbond substituents is 1. The van der Waals surface area contributed by atoms with E-state index in [1.165, 1.54) is 6.07 Å². The number of halogens is 3. The maximum absolute atomic E-state index is 12.1. The normalized spacial score (nSPS) is 11.3. The molecule has 0 amide bonds. The van der Waals surface area contributed by atoms with Crippen LogP contribution in [0.3, 0.4) is 0 Å². The summed E-state index contributed by atoms with van der Waals surface area (Å²) in [6, 6.07) is 12.0. The summed E-state index contributed by atoms with van der Waals surface area (Å²) in [6.45, 7) is 0. The highest BCUT2D eigenvalue weighted by Crippen LogP contribution is 2.34. The van der Waals surface area contributed by atoms with Gasteiger partial charge in [0.25, 0.3) is 0 Å². The molecule has 0 aliphatic heterocycles. The first kappa shape index (κ1) is 12.3. The third kappa shape index (κ3) is 2.94. The molecule has 18 heavy (non-hydrogen) atoms. The first-order valence-electron chi connectivity index (χ1n) is 5.10. The number of rotatable bonds is 2. The summed E-state index contributed by atoms with van der Waals surface area (Å²) in [5, 5.41) is 9.65. The van der Waals surface area contributed by atoms with Crippen LogP contribution in [0.4, 0.5) is 13.2 Å². The van der Waals surface area contributed by atoms with Gasteiger partial charge in [0.05, 0.1) is 0 Å². The molecule has 0 heterocycles. The summed E-state index contributed by atoms with van der Waals surface area (Å²) >= 11 is 0. The van der Waals surface area contributed by atoms with Gasteiger partial charge in [-0.3, -0.25) is 0 Å². The van der Waals surface area contributed by atoms with Gasteiger partial charge >= 0.3 is 6.36 Å². The summed E-state index contributed by atoms with van der Waals surface area (Å²) in [6.07, 6.45) is -4.75. The lowest BCUT2D eigenvalue weighted by molar-refractivity contribution is -0.274. The lowest BCUT2D eigenvalue weighted by Crippen LogP contribution is -2.17. The van der Waals surface area contributed by atoms with Crippen molar-refractivity contribution in [3.05, 3.63) is 48.5 Å². The summed E-state index contributed by atoms with van der Waals surface area (Å²) in [7, 11) is 0. The van der Waals surface area contributed by atoms with Crippen LogP contribution in [0.25, 0.3) is 11.1 Å². The summed E-state index contributed by atoms with van der Waals surface area (Å²) in [5.41, 5.74) is 0.903. The molecule has 0 aromatic heterocycles. The molecule has 5 heteroatoms. The summed E-state index contributed by atoms with van der Waals surface area (Å²) in [5.74, 6) is -0.463. The molecule has 94 valence electrons. The number of benzene rings is 2. The molecular weight excluding hydrogens is 245 g/mol. The van der Waals surface area contributed by atoms with Crippen LogP contribution < -0.4 is 4.74 Å². The Hall–Kier alpha value is -2.17. The van der Waals surface area contributed by atoms with Crippen molar-refractivity contribution in [2.24, 2.45) is 0 Å². The van der Waals surface area contributed by atoms with Crippen molar-refractivity contribution in [1.29, 1.82) is 0 Å². The van der Waals surface area contributed by atoms with Gasteiger partial charge in [0, 0.05) is 5.56 Å². The molecule has 0 bridgehead atoms. The molecule has 0 unspecified atom stereocenters. The Labute approximate surface area is 101 Å². The van der Waals surface area contributed by atoms with Crippen molar-refractivity contribution in [2.75, 3.05) is 0 Å². The number of aromatic hydroxyl groups is 1. The van der Waals surface area contributed by atoms with Gasteiger partial charge in [0.15, 0.2) is 0 Å². The third-order valence-corrected chi connectivity index (χ3v) is 2.29. The third-order valence-electron chi connectivity index (χ3n) is 2.29. The van der Waals surface area contributed by atoms with E-state index in [0.29, 0.717) is 5.56 Å². The van der Waals surface area contributed by atoms with Crippen LogP contribution >= 0.6 is 0 Å². The average Bonchev–Trinajstić information content (AvgIpc) is 2.31. The van der Waals surface area contributed by atoms with E-state index < -0.39 is 6.36 Å². The van der Waals surface area contributed by atoms with Crippen molar-refractivity contribution >= 4 is 0 Å². The van der Waals surface area contributed by atoms with Crippen LogP contribution in [-0.4, -0.2) is 11.5 Å². The van der Waals surface area contributed by atoms with Gasteiger partial charge in [-0.05, 0) is 23.8 Å². The van der Waals surface area contributed by atoms with Gasteiger partial charge in [-0.2, -0.15) is 0 Å². The van der Waals surface area contributed by atoms with Gasteiger partial charge in [0.1, 0.15) is 11.5 Å². The van der Waals surface area contributed by atoms with Crippen LogP contribution in [0.1, 0.15) is 0 Å². The molecule has 0 fully saturated rings. The van der Waals surface area contributed by atoms with E-state index in [1.807, 2.05) is 0 Å². The van der Waals surface area contributed by atoms with Crippen LogP contribution in [0.5, 0.6) is 11.5 Å². The first-order chi connectivity index (χ1) is 8.46. The minimum absolute atomic E-state index is 0.101. The Kier molecular flexibility index (Phi) is 3.14.